The average molecular weight is 412 g/mol. The number of aryl methyl sites for hydroxylation is 1. The molecule has 4 rings (SSSR count). The molecule has 3 aromatic carbocycles. The maximum atomic E-state index is 14.2. The average Bonchev–Trinajstić information content (AvgIpc) is 3.14. The van der Waals surface area contributed by atoms with Crippen LogP contribution >= 0.6 is 0 Å². The maximum Gasteiger partial charge on any atom is 0.126 e. The zero-order chi connectivity index (χ0) is 21.6. The number of fused-ring (bicyclic) bond motifs is 1. The van der Waals surface area contributed by atoms with E-state index >= 15 is 0 Å². The van der Waals surface area contributed by atoms with Crippen LogP contribution in [0.15, 0.2) is 72.8 Å². The Morgan fingerprint density at radius 2 is 1.52 bits per heavy atom. The second-order valence-electron chi connectivity index (χ2n) is 7.94. The Balaban J connectivity index is 1.60. The first-order valence-electron chi connectivity index (χ1n) is 10.6. The van der Waals surface area contributed by atoms with Gasteiger partial charge in [0.25, 0.3) is 0 Å². The van der Waals surface area contributed by atoms with Gasteiger partial charge in [-0.3, -0.25) is 4.90 Å². The Morgan fingerprint density at radius 3 is 2.10 bits per heavy atom. The Kier molecular flexibility index (Phi) is 6.45. The molecule has 0 saturated carbocycles. The summed E-state index contributed by atoms with van der Waals surface area (Å²) in [7, 11) is 0. The van der Waals surface area contributed by atoms with Crippen molar-refractivity contribution in [3.63, 3.8) is 0 Å². The third kappa shape index (κ3) is 4.84. The zero-order valence-electron chi connectivity index (χ0n) is 17.7. The molecule has 31 heavy (non-hydrogen) atoms. The van der Waals surface area contributed by atoms with Crippen molar-refractivity contribution in [2.45, 2.75) is 32.9 Å². The van der Waals surface area contributed by atoms with Crippen molar-refractivity contribution in [1.29, 1.82) is 5.26 Å². The van der Waals surface area contributed by atoms with E-state index in [4.69, 9.17) is 0 Å². The van der Waals surface area contributed by atoms with Gasteiger partial charge in [0.15, 0.2) is 0 Å². The minimum Gasteiger partial charge on any atom is -0.358 e. The van der Waals surface area contributed by atoms with Gasteiger partial charge in [-0.1, -0.05) is 60.7 Å². The number of benzene rings is 3. The lowest BCUT2D eigenvalue weighted by Gasteiger charge is -2.23. The van der Waals surface area contributed by atoms with Crippen LogP contribution in [0.25, 0.3) is 10.9 Å². The topological polar surface area (TPSA) is 42.8 Å². The zero-order valence-corrected chi connectivity index (χ0v) is 17.7. The molecular formula is C27H26FN3. The predicted molar refractivity (Wildman–Crippen MR) is 123 cm³/mol. The number of H-pyrrole nitrogens is 1. The highest BCUT2D eigenvalue weighted by atomic mass is 19.1. The van der Waals surface area contributed by atoms with E-state index in [0.717, 1.165) is 48.2 Å². The van der Waals surface area contributed by atoms with Crippen molar-refractivity contribution in [3.05, 3.63) is 107 Å². The summed E-state index contributed by atoms with van der Waals surface area (Å²) in [5, 5.41) is 10.2. The van der Waals surface area contributed by atoms with Crippen LogP contribution in [0, 0.1) is 24.1 Å². The van der Waals surface area contributed by atoms with Gasteiger partial charge in [0, 0.05) is 42.7 Å². The van der Waals surface area contributed by atoms with Gasteiger partial charge in [0.2, 0.25) is 0 Å². The second-order valence-corrected chi connectivity index (χ2v) is 7.94. The molecule has 156 valence electrons. The standard InChI is InChI=1S/C27H26FN3/c1-20-24(28)12-13-26-27(20)23(14-16-29)25(30-26)15-17-31(18-21-8-4-2-5-9-21)19-22-10-6-3-7-11-22/h2-13,30H,14-15,17-19H2,1H3. The number of aromatic nitrogens is 1. The molecule has 3 nitrogen and oxygen atoms in total. The van der Waals surface area contributed by atoms with Crippen LogP contribution in [-0.2, 0) is 25.9 Å². The highest BCUT2D eigenvalue weighted by molar-refractivity contribution is 5.88. The molecule has 0 unspecified atom stereocenters. The summed E-state index contributed by atoms with van der Waals surface area (Å²) >= 11 is 0. The molecule has 0 aliphatic rings. The highest BCUT2D eigenvalue weighted by Gasteiger charge is 2.17. The molecule has 0 bridgehead atoms. The van der Waals surface area contributed by atoms with Gasteiger partial charge in [0.1, 0.15) is 5.82 Å². The van der Waals surface area contributed by atoms with Crippen molar-refractivity contribution in [2.75, 3.05) is 6.54 Å². The molecule has 0 aliphatic heterocycles. The lowest BCUT2D eigenvalue weighted by atomic mass is 10.0. The van der Waals surface area contributed by atoms with Gasteiger partial charge >= 0.3 is 0 Å². The van der Waals surface area contributed by atoms with Gasteiger partial charge in [-0.25, -0.2) is 4.39 Å². The van der Waals surface area contributed by atoms with Crippen LogP contribution in [0.2, 0.25) is 0 Å². The normalized spacial score (nSPS) is 11.2. The highest BCUT2D eigenvalue weighted by Crippen LogP contribution is 2.28. The molecule has 0 radical (unpaired) electrons. The van der Waals surface area contributed by atoms with E-state index in [1.54, 1.807) is 13.0 Å². The van der Waals surface area contributed by atoms with E-state index in [1.807, 2.05) is 12.1 Å². The molecule has 1 aromatic heterocycles. The van der Waals surface area contributed by atoms with Crippen LogP contribution in [0.1, 0.15) is 27.9 Å². The molecule has 1 heterocycles. The first-order chi connectivity index (χ1) is 15.2. The van der Waals surface area contributed by atoms with E-state index in [2.05, 4.69) is 64.5 Å². The molecule has 4 heteroatoms. The number of hydrogen-bond donors (Lipinski definition) is 1. The lowest BCUT2D eigenvalue weighted by molar-refractivity contribution is 0.259. The predicted octanol–water partition coefficient (Wildman–Crippen LogP) is 5.93. The van der Waals surface area contributed by atoms with Crippen LogP contribution in [0.5, 0.6) is 0 Å². The minimum atomic E-state index is -0.230. The van der Waals surface area contributed by atoms with Gasteiger partial charge in [-0.2, -0.15) is 5.26 Å². The van der Waals surface area contributed by atoms with E-state index in [1.165, 1.54) is 17.2 Å². The maximum absolute atomic E-state index is 14.2. The van der Waals surface area contributed by atoms with Crippen LogP contribution in [0.3, 0.4) is 0 Å². The second kappa shape index (κ2) is 9.59. The van der Waals surface area contributed by atoms with Gasteiger partial charge in [0.05, 0.1) is 12.5 Å². The summed E-state index contributed by atoms with van der Waals surface area (Å²) in [5.41, 5.74) is 5.99. The number of rotatable bonds is 8. The Morgan fingerprint density at radius 1 is 0.903 bits per heavy atom. The number of nitrogens with one attached hydrogen (secondary N) is 1. The van der Waals surface area contributed by atoms with E-state index in [-0.39, 0.29) is 12.2 Å². The Hall–Kier alpha value is -3.42. The summed E-state index contributed by atoms with van der Waals surface area (Å²) in [5.74, 6) is -0.230. The third-order valence-corrected chi connectivity index (χ3v) is 5.78. The summed E-state index contributed by atoms with van der Waals surface area (Å²) < 4.78 is 14.2. The fourth-order valence-corrected chi connectivity index (χ4v) is 4.22. The number of hydrogen-bond acceptors (Lipinski definition) is 2. The van der Waals surface area contributed by atoms with Crippen LogP contribution < -0.4 is 0 Å². The fourth-order valence-electron chi connectivity index (χ4n) is 4.22. The first-order valence-corrected chi connectivity index (χ1v) is 10.6. The summed E-state index contributed by atoms with van der Waals surface area (Å²) in [6.45, 7) is 4.30. The number of nitriles is 1. The molecule has 4 aromatic rings. The number of aromatic amines is 1. The summed E-state index contributed by atoms with van der Waals surface area (Å²) in [4.78, 5) is 5.87. The van der Waals surface area contributed by atoms with Gasteiger partial charge < -0.3 is 4.98 Å². The number of nitrogens with zero attached hydrogens (tertiary/aromatic N) is 2. The summed E-state index contributed by atoms with van der Waals surface area (Å²) in [6, 6.07) is 26.4. The van der Waals surface area contributed by atoms with E-state index in [0.29, 0.717) is 5.56 Å². The molecule has 0 aliphatic carbocycles. The monoisotopic (exact) mass is 411 g/mol. The fraction of sp³-hybridized carbons (Fsp3) is 0.222. The molecule has 0 spiro atoms. The van der Waals surface area contributed by atoms with Crippen LogP contribution in [-0.4, -0.2) is 16.4 Å². The van der Waals surface area contributed by atoms with Crippen molar-refractivity contribution in [3.8, 4) is 6.07 Å². The quantitative estimate of drug-likeness (QED) is 0.391. The van der Waals surface area contributed by atoms with Gasteiger partial charge in [-0.05, 0) is 41.3 Å². The molecule has 0 fully saturated rings. The molecule has 0 saturated heterocycles. The largest absolute Gasteiger partial charge is 0.358 e. The molecule has 0 amide bonds. The molecule has 1 N–H and O–H groups in total. The molecular weight excluding hydrogens is 385 g/mol. The van der Waals surface area contributed by atoms with Crippen molar-refractivity contribution < 1.29 is 4.39 Å². The van der Waals surface area contributed by atoms with Crippen molar-refractivity contribution >= 4 is 10.9 Å². The van der Waals surface area contributed by atoms with Crippen LogP contribution in [0.4, 0.5) is 4.39 Å². The lowest BCUT2D eigenvalue weighted by Crippen LogP contribution is -2.25. The van der Waals surface area contributed by atoms with E-state index < -0.39 is 0 Å². The minimum absolute atomic E-state index is 0.230. The van der Waals surface area contributed by atoms with Crippen molar-refractivity contribution in [1.82, 2.24) is 9.88 Å². The Labute approximate surface area is 182 Å². The third-order valence-electron chi connectivity index (χ3n) is 5.78. The summed E-state index contributed by atoms with van der Waals surface area (Å²) in [6.07, 6.45) is 1.05. The van der Waals surface area contributed by atoms with E-state index in [9.17, 15) is 9.65 Å². The Bertz CT molecular complexity index is 1150. The van der Waals surface area contributed by atoms with Crippen molar-refractivity contribution in [2.24, 2.45) is 0 Å². The first kappa shape index (κ1) is 20.8. The molecule has 0 atom stereocenters. The smallest absolute Gasteiger partial charge is 0.126 e. The SMILES string of the molecule is Cc1c(F)ccc2[nH]c(CCN(Cc3ccccc3)Cc3ccccc3)c(CC#N)c12. The number of halogens is 1. The van der Waals surface area contributed by atoms with Gasteiger partial charge in [-0.15, -0.1) is 0 Å².